The van der Waals surface area contributed by atoms with Crippen molar-refractivity contribution in [2.45, 2.75) is 23.9 Å². The van der Waals surface area contributed by atoms with Crippen LogP contribution in [0.3, 0.4) is 0 Å². The molecule has 1 N–H and O–H groups in total. The molecule has 0 aliphatic rings. The summed E-state index contributed by atoms with van der Waals surface area (Å²) in [5.74, 6) is -19.6. The molecular weight excluding hydrogens is 419 g/mol. The van der Waals surface area contributed by atoms with E-state index in [0.717, 1.165) is 0 Å². The number of methoxy groups -OCH3 is 1. The highest BCUT2D eigenvalue weighted by Gasteiger charge is 2.82. The van der Waals surface area contributed by atoms with Gasteiger partial charge in [0.05, 0.1) is 12.1 Å². The van der Waals surface area contributed by atoms with Gasteiger partial charge < -0.3 is 4.74 Å². The lowest BCUT2D eigenvalue weighted by Gasteiger charge is -2.33. The molecule has 1 aromatic heterocycles. The third-order valence-electron chi connectivity index (χ3n) is 3.53. The Morgan fingerprint density at radius 2 is 1.41 bits per heavy atom. The lowest BCUT2D eigenvalue weighted by atomic mass is 10.00. The third-order valence-corrected chi connectivity index (χ3v) is 3.90. The predicted molar refractivity (Wildman–Crippen MR) is 75.4 cm³/mol. The summed E-state index contributed by atoms with van der Waals surface area (Å²) in [6, 6.07) is 5.10. The first-order valence-electron chi connectivity index (χ1n) is 6.77. The maximum absolute atomic E-state index is 14.0. The summed E-state index contributed by atoms with van der Waals surface area (Å²) in [4.78, 5) is 0. The van der Waals surface area contributed by atoms with Crippen LogP contribution in [0, 0.1) is 0 Å². The molecule has 0 unspecified atom stereocenters. The molecule has 1 aromatic carbocycles. The topological polar surface area (TPSA) is 37.9 Å². The van der Waals surface area contributed by atoms with E-state index in [1.165, 1.54) is 36.5 Å². The quantitative estimate of drug-likeness (QED) is 0.626. The van der Waals surface area contributed by atoms with Crippen LogP contribution in [0.25, 0.3) is 11.3 Å². The van der Waals surface area contributed by atoms with Gasteiger partial charge in [-0.05, 0) is 24.3 Å². The molecule has 0 radical (unpaired) electrons. The van der Waals surface area contributed by atoms with Crippen molar-refractivity contribution >= 4 is 11.6 Å². The van der Waals surface area contributed by atoms with E-state index in [0.29, 0.717) is 5.75 Å². The van der Waals surface area contributed by atoms with Gasteiger partial charge in [-0.2, -0.15) is 44.6 Å². The van der Waals surface area contributed by atoms with Gasteiger partial charge in [-0.1, -0.05) is 11.6 Å². The Morgan fingerprint density at radius 3 is 1.85 bits per heavy atom. The van der Waals surface area contributed by atoms with E-state index in [-0.39, 0.29) is 5.56 Å². The average molecular weight is 427 g/mol. The molecule has 27 heavy (non-hydrogen) atoms. The molecule has 0 aliphatic heterocycles. The average Bonchev–Trinajstić information content (AvgIpc) is 2.95. The Hall–Kier alpha value is -2.11. The number of benzene rings is 1. The van der Waals surface area contributed by atoms with Crippen LogP contribution in [0.2, 0.25) is 5.02 Å². The zero-order chi connectivity index (χ0) is 20.8. The van der Waals surface area contributed by atoms with Crippen molar-refractivity contribution in [3.8, 4) is 17.0 Å². The Kier molecular flexibility index (Phi) is 5.10. The number of ether oxygens (including phenoxy) is 1. The van der Waals surface area contributed by atoms with Gasteiger partial charge in [0, 0.05) is 5.56 Å². The number of hydrogen-bond donors (Lipinski definition) is 1. The van der Waals surface area contributed by atoms with E-state index >= 15 is 0 Å². The minimum absolute atomic E-state index is 0.00926. The maximum atomic E-state index is 14.0. The molecule has 1 heterocycles. The van der Waals surface area contributed by atoms with E-state index in [1.807, 2.05) is 0 Å². The summed E-state index contributed by atoms with van der Waals surface area (Å²) in [5, 5.41) is 3.32. The second-order valence-electron chi connectivity index (χ2n) is 5.21. The molecular formula is C14H8ClF9N2O. The molecule has 2 aromatic rings. The fraction of sp³-hybridized carbons (Fsp3) is 0.357. The van der Waals surface area contributed by atoms with Crippen molar-refractivity contribution in [1.82, 2.24) is 10.2 Å². The van der Waals surface area contributed by atoms with Crippen molar-refractivity contribution in [2.24, 2.45) is 0 Å². The van der Waals surface area contributed by atoms with E-state index < -0.39 is 40.4 Å². The molecule has 0 amide bonds. The molecule has 3 nitrogen and oxygen atoms in total. The summed E-state index contributed by atoms with van der Waals surface area (Å²) >= 11 is 5.52. The van der Waals surface area contributed by atoms with Gasteiger partial charge in [0.25, 0.3) is 0 Å². The molecule has 2 rings (SSSR count). The van der Waals surface area contributed by atoms with Crippen molar-refractivity contribution < 1.29 is 44.3 Å². The normalized spacial score (nSPS) is 13.7. The molecule has 0 bridgehead atoms. The number of rotatable bonds is 5. The van der Waals surface area contributed by atoms with Gasteiger partial charge >= 0.3 is 23.9 Å². The minimum Gasteiger partial charge on any atom is -0.497 e. The van der Waals surface area contributed by atoms with Crippen molar-refractivity contribution in [1.29, 1.82) is 0 Å². The first-order valence-corrected chi connectivity index (χ1v) is 7.15. The van der Waals surface area contributed by atoms with Crippen LogP contribution in [0.1, 0.15) is 5.69 Å². The molecule has 0 atom stereocenters. The van der Waals surface area contributed by atoms with Crippen molar-refractivity contribution in [3.63, 3.8) is 0 Å². The lowest BCUT2D eigenvalue weighted by molar-refractivity contribution is -0.400. The first-order chi connectivity index (χ1) is 12.2. The molecule has 150 valence electrons. The summed E-state index contributed by atoms with van der Waals surface area (Å²) in [5.41, 5.74) is -2.64. The van der Waals surface area contributed by atoms with E-state index in [4.69, 9.17) is 16.3 Å². The van der Waals surface area contributed by atoms with E-state index in [2.05, 4.69) is 5.10 Å². The summed E-state index contributed by atoms with van der Waals surface area (Å²) < 4.78 is 122. The Bertz CT molecular complexity index is 815. The summed E-state index contributed by atoms with van der Waals surface area (Å²) in [6.07, 6.45) is -6.93. The van der Waals surface area contributed by atoms with Crippen LogP contribution in [0.5, 0.6) is 5.75 Å². The summed E-state index contributed by atoms with van der Waals surface area (Å²) in [7, 11) is 1.32. The smallest absolute Gasteiger partial charge is 0.460 e. The van der Waals surface area contributed by atoms with Crippen LogP contribution < -0.4 is 4.74 Å². The van der Waals surface area contributed by atoms with E-state index in [1.54, 1.807) is 0 Å². The molecule has 0 fully saturated rings. The first kappa shape index (κ1) is 21.2. The second-order valence-corrected chi connectivity index (χ2v) is 5.59. The number of aromatic amines is 1. The largest absolute Gasteiger partial charge is 0.497 e. The zero-order valence-electron chi connectivity index (χ0n) is 12.9. The van der Waals surface area contributed by atoms with E-state index in [9.17, 15) is 39.5 Å². The second kappa shape index (κ2) is 6.50. The number of alkyl halides is 9. The highest BCUT2D eigenvalue weighted by molar-refractivity contribution is 6.33. The molecule has 0 saturated heterocycles. The monoisotopic (exact) mass is 426 g/mol. The highest BCUT2D eigenvalue weighted by atomic mass is 35.5. The number of H-pyrrole nitrogens is 1. The Morgan fingerprint density at radius 1 is 0.889 bits per heavy atom. The van der Waals surface area contributed by atoms with Gasteiger partial charge in [0.2, 0.25) is 0 Å². The van der Waals surface area contributed by atoms with Crippen molar-refractivity contribution in [3.05, 3.63) is 35.0 Å². The number of hydrogen-bond acceptors (Lipinski definition) is 2. The fourth-order valence-corrected chi connectivity index (χ4v) is 2.32. The number of nitrogens with one attached hydrogen (secondary N) is 1. The minimum atomic E-state index is -7.03. The SMILES string of the molecule is COc1ccc(-c2n[nH]c(C(F)(F)C(F)(F)C(F)(F)C(F)(F)F)c2Cl)cc1. The molecule has 0 spiro atoms. The van der Waals surface area contributed by atoms with Gasteiger partial charge in [-0.15, -0.1) is 0 Å². The van der Waals surface area contributed by atoms with Crippen LogP contribution in [-0.2, 0) is 5.92 Å². The Labute approximate surface area is 150 Å². The number of aromatic nitrogens is 2. The number of halogens is 10. The van der Waals surface area contributed by atoms with Gasteiger partial charge in [0.15, 0.2) is 0 Å². The van der Waals surface area contributed by atoms with Crippen LogP contribution >= 0.6 is 11.6 Å². The predicted octanol–water partition coefficient (Wildman–Crippen LogP) is 5.66. The van der Waals surface area contributed by atoms with Crippen LogP contribution in [0.4, 0.5) is 39.5 Å². The highest BCUT2D eigenvalue weighted by Crippen LogP contribution is 2.57. The van der Waals surface area contributed by atoms with Crippen LogP contribution in [0.15, 0.2) is 24.3 Å². The maximum Gasteiger partial charge on any atom is 0.460 e. The van der Waals surface area contributed by atoms with Crippen LogP contribution in [-0.4, -0.2) is 35.3 Å². The fourth-order valence-electron chi connectivity index (χ4n) is 2.01. The standard InChI is InChI=1S/C14H8ClF9N2O/c1-27-7-4-2-6(3-5-7)9-8(15)10(26-25-9)11(16,17)12(18,19)13(20,21)14(22,23)24/h2-5H,1H3,(H,25,26). The molecule has 0 aliphatic carbocycles. The third kappa shape index (κ3) is 3.19. The van der Waals surface area contributed by atoms with Gasteiger partial charge in [-0.25, -0.2) is 0 Å². The molecule has 13 heteroatoms. The Balaban J connectivity index is 2.52. The number of nitrogens with zero attached hydrogens (tertiary/aromatic N) is 1. The zero-order valence-corrected chi connectivity index (χ0v) is 13.7. The lowest BCUT2D eigenvalue weighted by Crippen LogP contribution is -2.59. The van der Waals surface area contributed by atoms with Gasteiger partial charge in [-0.3, -0.25) is 5.10 Å². The molecule has 0 saturated carbocycles. The van der Waals surface area contributed by atoms with Gasteiger partial charge in [0.1, 0.15) is 17.1 Å². The summed E-state index contributed by atoms with van der Waals surface area (Å²) in [6.45, 7) is 0. The van der Waals surface area contributed by atoms with Crippen molar-refractivity contribution in [2.75, 3.05) is 7.11 Å².